The number of alkyl halides is 3. The standard InChI is InChI=1S/C8H6F4S/c1-4-2-5(8(10,11)12)7(13)6(9)3-4/h2-3,13H,1H3. The van der Waals surface area contributed by atoms with Crippen molar-refractivity contribution in [2.24, 2.45) is 0 Å². The van der Waals surface area contributed by atoms with Crippen molar-refractivity contribution in [1.82, 2.24) is 0 Å². The van der Waals surface area contributed by atoms with E-state index in [2.05, 4.69) is 12.6 Å². The number of aryl methyl sites for hydroxylation is 1. The maximum absolute atomic E-state index is 12.8. The maximum atomic E-state index is 12.8. The first-order valence-electron chi connectivity index (χ1n) is 3.38. The van der Waals surface area contributed by atoms with E-state index in [1.54, 1.807) is 0 Å². The number of hydrogen-bond acceptors (Lipinski definition) is 1. The predicted molar refractivity (Wildman–Crippen MR) is 43.4 cm³/mol. The molecular formula is C8H6F4S. The lowest BCUT2D eigenvalue weighted by Gasteiger charge is -2.10. The van der Waals surface area contributed by atoms with Gasteiger partial charge in [-0.2, -0.15) is 13.2 Å². The Kier molecular flexibility index (Phi) is 2.56. The van der Waals surface area contributed by atoms with Crippen LogP contribution in [0.2, 0.25) is 0 Å². The van der Waals surface area contributed by atoms with Gasteiger partial charge in [-0.3, -0.25) is 0 Å². The van der Waals surface area contributed by atoms with Gasteiger partial charge in [0.25, 0.3) is 0 Å². The van der Waals surface area contributed by atoms with Crippen LogP contribution in [0.3, 0.4) is 0 Å². The minimum atomic E-state index is -4.55. The number of benzene rings is 1. The Hall–Kier alpha value is -0.710. The lowest BCUT2D eigenvalue weighted by molar-refractivity contribution is -0.140. The molecule has 0 spiro atoms. The molecule has 0 saturated heterocycles. The molecule has 1 aromatic rings. The van der Waals surface area contributed by atoms with Crippen LogP contribution in [0.5, 0.6) is 0 Å². The van der Waals surface area contributed by atoms with E-state index in [1.807, 2.05) is 0 Å². The third-order valence-corrected chi connectivity index (χ3v) is 1.97. The van der Waals surface area contributed by atoms with Gasteiger partial charge in [0, 0.05) is 0 Å². The third kappa shape index (κ3) is 2.15. The number of halogens is 4. The van der Waals surface area contributed by atoms with Crippen LogP contribution in [-0.2, 0) is 6.18 Å². The molecule has 1 aromatic carbocycles. The molecule has 0 bridgehead atoms. The Morgan fingerprint density at radius 1 is 1.23 bits per heavy atom. The fourth-order valence-electron chi connectivity index (χ4n) is 0.951. The Morgan fingerprint density at radius 2 is 1.77 bits per heavy atom. The summed E-state index contributed by atoms with van der Waals surface area (Å²) in [5, 5.41) is 0. The van der Waals surface area contributed by atoms with E-state index in [4.69, 9.17) is 0 Å². The van der Waals surface area contributed by atoms with E-state index in [-0.39, 0.29) is 5.56 Å². The van der Waals surface area contributed by atoms with Gasteiger partial charge >= 0.3 is 6.18 Å². The van der Waals surface area contributed by atoms with Gasteiger partial charge in [-0.15, -0.1) is 12.6 Å². The van der Waals surface area contributed by atoms with Gasteiger partial charge in [-0.25, -0.2) is 4.39 Å². The molecule has 0 N–H and O–H groups in total. The summed E-state index contributed by atoms with van der Waals surface area (Å²) in [6.07, 6.45) is -4.55. The molecule has 0 aliphatic heterocycles. The number of thiol groups is 1. The van der Waals surface area contributed by atoms with Gasteiger partial charge < -0.3 is 0 Å². The van der Waals surface area contributed by atoms with Crippen LogP contribution in [0.15, 0.2) is 17.0 Å². The highest BCUT2D eigenvalue weighted by Gasteiger charge is 2.33. The van der Waals surface area contributed by atoms with E-state index in [9.17, 15) is 17.6 Å². The Balaban J connectivity index is 3.37. The van der Waals surface area contributed by atoms with E-state index in [1.165, 1.54) is 6.92 Å². The monoisotopic (exact) mass is 210 g/mol. The summed E-state index contributed by atoms with van der Waals surface area (Å²) in [5.41, 5.74) is -0.809. The smallest absolute Gasteiger partial charge is 0.206 e. The lowest BCUT2D eigenvalue weighted by atomic mass is 10.1. The van der Waals surface area contributed by atoms with Crippen molar-refractivity contribution < 1.29 is 17.6 Å². The predicted octanol–water partition coefficient (Wildman–Crippen LogP) is 3.44. The minimum absolute atomic E-state index is 0.225. The SMILES string of the molecule is Cc1cc(F)c(S)c(C(F)(F)F)c1. The van der Waals surface area contributed by atoms with Crippen molar-refractivity contribution in [2.45, 2.75) is 18.0 Å². The molecule has 0 amide bonds. The molecule has 0 radical (unpaired) electrons. The molecule has 13 heavy (non-hydrogen) atoms. The second-order valence-corrected chi connectivity index (χ2v) is 3.09. The summed E-state index contributed by atoms with van der Waals surface area (Å²) in [5.74, 6) is -0.948. The quantitative estimate of drug-likeness (QED) is 0.492. The number of rotatable bonds is 0. The summed E-state index contributed by atoms with van der Waals surface area (Å²) in [4.78, 5) is -0.655. The van der Waals surface area contributed by atoms with E-state index in [0.29, 0.717) is 0 Å². The van der Waals surface area contributed by atoms with Gasteiger partial charge in [-0.1, -0.05) is 0 Å². The van der Waals surface area contributed by atoms with Gasteiger partial charge in [0.2, 0.25) is 0 Å². The average molecular weight is 210 g/mol. The zero-order chi connectivity index (χ0) is 10.2. The average Bonchev–Trinajstić information content (AvgIpc) is 1.94. The summed E-state index contributed by atoms with van der Waals surface area (Å²) < 4.78 is 49.4. The molecule has 72 valence electrons. The van der Waals surface area contributed by atoms with Crippen LogP contribution in [0, 0.1) is 12.7 Å². The molecule has 0 aliphatic rings. The molecule has 0 unspecified atom stereocenters. The summed E-state index contributed by atoms with van der Waals surface area (Å²) in [6.45, 7) is 1.39. The highest BCUT2D eigenvalue weighted by atomic mass is 32.1. The molecule has 1 rings (SSSR count). The fourth-order valence-corrected chi connectivity index (χ4v) is 1.21. The van der Waals surface area contributed by atoms with Gasteiger partial charge in [0.15, 0.2) is 0 Å². The highest BCUT2D eigenvalue weighted by molar-refractivity contribution is 7.80. The van der Waals surface area contributed by atoms with Crippen LogP contribution in [0.25, 0.3) is 0 Å². The van der Waals surface area contributed by atoms with Crippen LogP contribution in [0.1, 0.15) is 11.1 Å². The molecule has 0 fully saturated rings. The lowest BCUT2D eigenvalue weighted by Crippen LogP contribution is -2.07. The van der Waals surface area contributed by atoms with Gasteiger partial charge in [-0.05, 0) is 24.6 Å². The van der Waals surface area contributed by atoms with E-state index < -0.39 is 22.5 Å². The first-order chi connectivity index (χ1) is 5.82. The van der Waals surface area contributed by atoms with E-state index in [0.717, 1.165) is 12.1 Å². The largest absolute Gasteiger partial charge is 0.417 e. The normalized spacial score (nSPS) is 11.8. The zero-order valence-electron chi connectivity index (χ0n) is 6.61. The Bertz CT molecular complexity index is 330. The van der Waals surface area contributed by atoms with Gasteiger partial charge in [0.1, 0.15) is 5.82 Å². The van der Waals surface area contributed by atoms with E-state index >= 15 is 0 Å². The van der Waals surface area contributed by atoms with Crippen molar-refractivity contribution in [2.75, 3.05) is 0 Å². The molecule has 0 saturated carbocycles. The summed E-state index contributed by atoms with van der Waals surface area (Å²) in [6, 6.07) is 1.88. The van der Waals surface area contributed by atoms with Crippen LogP contribution in [-0.4, -0.2) is 0 Å². The molecule has 5 heteroatoms. The minimum Gasteiger partial charge on any atom is -0.206 e. The van der Waals surface area contributed by atoms with Crippen molar-refractivity contribution in [3.8, 4) is 0 Å². The molecular weight excluding hydrogens is 204 g/mol. The Morgan fingerprint density at radius 3 is 2.23 bits per heavy atom. The zero-order valence-corrected chi connectivity index (χ0v) is 7.51. The second-order valence-electron chi connectivity index (χ2n) is 2.64. The topological polar surface area (TPSA) is 0 Å². The van der Waals surface area contributed by atoms with Crippen LogP contribution in [0.4, 0.5) is 17.6 Å². The fraction of sp³-hybridized carbons (Fsp3) is 0.250. The van der Waals surface area contributed by atoms with Crippen molar-refractivity contribution in [1.29, 1.82) is 0 Å². The van der Waals surface area contributed by atoms with Crippen LogP contribution < -0.4 is 0 Å². The molecule has 0 aromatic heterocycles. The first kappa shape index (κ1) is 10.4. The maximum Gasteiger partial charge on any atom is 0.417 e. The Labute approximate surface area is 78.0 Å². The van der Waals surface area contributed by atoms with Crippen molar-refractivity contribution >= 4 is 12.6 Å². The summed E-state index contributed by atoms with van der Waals surface area (Å²) in [7, 11) is 0. The summed E-state index contributed by atoms with van der Waals surface area (Å²) >= 11 is 3.46. The number of hydrogen-bond donors (Lipinski definition) is 1. The molecule has 0 nitrogen and oxygen atoms in total. The second kappa shape index (κ2) is 3.21. The third-order valence-electron chi connectivity index (χ3n) is 1.51. The molecule has 0 aliphatic carbocycles. The highest BCUT2D eigenvalue weighted by Crippen LogP contribution is 2.35. The first-order valence-corrected chi connectivity index (χ1v) is 3.83. The van der Waals surface area contributed by atoms with Gasteiger partial charge in [0.05, 0.1) is 10.5 Å². The van der Waals surface area contributed by atoms with Crippen LogP contribution >= 0.6 is 12.6 Å². The molecule has 0 heterocycles. The molecule has 0 atom stereocenters. The van der Waals surface area contributed by atoms with Crippen molar-refractivity contribution in [3.63, 3.8) is 0 Å². The van der Waals surface area contributed by atoms with Crippen molar-refractivity contribution in [3.05, 3.63) is 29.1 Å².